The van der Waals surface area contributed by atoms with Crippen LogP contribution >= 0.6 is 11.8 Å². The molecule has 1 aromatic rings. The summed E-state index contributed by atoms with van der Waals surface area (Å²) >= 11 is 1.51. The summed E-state index contributed by atoms with van der Waals surface area (Å²) in [7, 11) is 0. The minimum atomic E-state index is -0.743. The number of ether oxygens (including phenoxy) is 1. The maximum absolute atomic E-state index is 13.7. The Morgan fingerprint density at radius 1 is 1.28 bits per heavy atom. The molecular weight excluding hydrogens is 388 g/mol. The van der Waals surface area contributed by atoms with Crippen LogP contribution < -0.4 is 4.90 Å². The van der Waals surface area contributed by atoms with Crippen molar-refractivity contribution in [2.24, 2.45) is 0 Å². The number of hydrogen-bond donors (Lipinski definition) is 0. The van der Waals surface area contributed by atoms with E-state index in [4.69, 9.17) is 9.72 Å². The van der Waals surface area contributed by atoms with Gasteiger partial charge in [0, 0.05) is 30.8 Å². The van der Waals surface area contributed by atoms with Crippen molar-refractivity contribution in [2.45, 2.75) is 88.1 Å². The molecule has 7 nitrogen and oxygen atoms in total. The highest BCUT2D eigenvalue weighted by atomic mass is 32.2. The van der Waals surface area contributed by atoms with Gasteiger partial charge in [-0.15, -0.1) is 0 Å². The summed E-state index contributed by atoms with van der Waals surface area (Å²) in [5.41, 5.74) is -0.367. The average Bonchev–Trinajstić information content (AvgIpc) is 3.18. The third-order valence-corrected chi connectivity index (χ3v) is 6.68. The highest BCUT2D eigenvalue weighted by Crippen LogP contribution is 2.47. The summed E-state index contributed by atoms with van der Waals surface area (Å²) in [6.45, 7) is 5.84. The molecule has 1 atom stereocenters. The summed E-state index contributed by atoms with van der Waals surface area (Å²) in [6, 6.07) is 0.275. The van der Waals surface area contributed by atoms with Gasteiger partial charge in [-0.3, -0.25) is 4.79 Å². The molecule has 2 aliphatic heterocycles. The van der Waals surface area contributed by atoms with Gasteiger partial charge in [-0.25, -0.2) is 19.7 Å². The standard InChI is InChI=1S/C21H30N4O3S/c1-20(2,3)28-19(27)24-11-10-21(17(24)26)12-14-13-22-18(29-4)23-16(14)25(21)15-8-6-5-7-9-15/h13,15H,5-12H2,1-4H3/t21-/m1/s1. The van der Waals surface area contributed by atoms with Gasteiger partial charge >= 0.3 is 6.09 Å². The molecule has 1 saturated heterocycles. The predicted octanol–water partition coefficient (Wildman–Crippen LogP) is 3.80. The Kier molecular flexibility index (Phi) is 5.25. The molecule has 29 heavy (non-hydrogen) atoms. The fraction of sp³-hybridized carbons (Fsp3) is 0.714. The van der Waals surface area contributed by atoms with Crippen molar-refractivity contribution in [3.8, 4) is 0 Å². The quantitative estimate of drug-likeness (QED) is 0.534. The lowest BCUT2D eigenvalue weighted by molar-refractivity contribution is -0.131. The van der Waals surface area contributed by atoms with Crippen LogP contribution in [0.4, 0.5) is 10.6 Å². The minimum absolute atomic E-state index is 0.152. The molecule has 158 valence electrons. The summed E-state index contributed by atoms with van der Waals surface area (Å²) in [4.78, 5) is 39.2. The molecule has 3 heterocycles. The van der Waals surface area contributed by atoms with Crippen LogP contribution in [0.5, 0.6) is 0 Å². The number of thioether (sulfide) groups is 1. The number of anilines is 1. The zero-order valence-electron chi connectivity index (χ0n) is 17.7. The monoisotopic (exact) mass is 418 g/mol. The topological polar surface area (TPSA) is 75.6 Å². The van der Waals surface area contributed by atoms with Crippen LogP contribution in [0.3, 0.4) is 0 Å². The first-order valence-electron chi connectivity index (χ1n) is 10.5. The van der Waals surface area contributed by atoms with E-state index in [1.807, 2.05) is 33.2 Å². The Hall–Kier alpha value is -1.83. The number of nitrogens with zero attached hydrogens (tertiary/aromatic N) is 4. The Bertz CT molecular complexity index is 819. The molecule has 1 aromatic heterocycles. The summed E-state index contributed by atoms with van der Waals surface area (Å²) in [6.07, 6.45) is 10.1. The van der Waals surface area contributed by atoms with E-state index in [0.29, 0.717) is 19.4 Å². The van der Waals surface area contributed by atoms with Gasteiger partial charge in [0.2, 0.25) is 0 Å². The highest BCUT2D eigenvalue weighted by Gasteiger charge is 2.59. The molecule has 8 heteroatoms. The third-order valence-electron chi connectivity index (χ3n) is 6.12. The molecule has 2 amide bonds. The van der Waals surface area contributed by atoms with Crippen LogP contribution in [-0.2, 0) is 16.0 Å². The van der Waals surface area contributed by atoms with Crippen molar-refractivity contribution >= 4 is 29.6 Å². The summed E-state index contributed by atoms with van der Waals surface area (Å²) in [5, 5.41) is 0.719. The third kappa shape index (κ3) is 3.60. The average molecular weight is 419 g/mol. The zero-order chi connectivity index (χ0) is 20.8. The maximum atomic E-state index is 13.7. The van der Waals surface area contributed by atoms with Crippen LogP contribution in [0, 0.1) is 0 Å². The number of fused-ring (bicyclic) bond motifs is 1. The minimum Gasteiger partial charge on any atom is -0.443 e. The second-order valence-corrected chi connectivity index (χ2v) is 10.0. The Morgan fingerprint density at radius 3 is 2.66 bits per heavy atom. The number of hydrogen-bond acceptors (Lipinski definition) is 7. The largest absolute Gasteiger partial charge is 0.443 e. The van der Waals surface area contributed by atoms with Crippen LogP contribution in [0.15, 0.2) is 11.4 Å². The Labute approximate surface area is 176 Å². The second-order valence-electron chi connectivity index (χ2n) is 9.26. The van der Waals surface area contributed by atoms with Crippen molar-refractivity contribution < 1.29 is 14.3 Å². The van der Waals surface area contributed by atoms with Gasteiger partial charge in [0.15, 0.2) is 5.16 Å². The number of carbonyl (C=O) groups is 2. The van der Waals surface area contributed by atoms with E-state index in [1.54, 1.807) is 0 Å². The predicted molar refractivity (Wildman–Crippen MR) is 112 cm³/mol. The fourth-order valence-electron chi connectivity index (χ4n) is 4.91. The number of aromatic nitrogens is 2. The van der Waals surface area contributed by atoms with Crippen molar-refractivity contribution in [1.82, 2.24) is 14.9 Å². The van der Waals surface area contributed by atoms with E-state index in [2.05, 4.69) is 9.88 Å². The molecular formula is C21H30N4O3S. The molecule has 0 bridgehead atoms. The molecule has 0 radical (unpaired) electrons. The van der Waals surface area contributed by atoms with Crippen LogP contribution in [0.25, 0.3) is 0 Å². The number of imide groups is 1. The lowest BCUT2D eigenvalue weighted by Crippen LogP contribution is -2.58. The van der Waals surface area contributed by atoms with Crippen molar-refractivity contribution in [3.05, 3.63) is 11.8 Å². The first-order valence-corrected chi connectivity index (χ1v) is 11.7. The number of likely N-dealkylation sites (tertiary alicyclic amines) is 1. The molecule has 3 aliphatic rings. The normalized spacial score (nSPS) is 25.0. The van der Waals surface area contributed by atoms with Gasteiger partial charge in [0.25, 0.3) is 5.91 Å². The molecule has 0 aromatic carbocycles. The van der Waals surface area contributed by atoms with Crippen molar-refractivity contribution in [1.29, 1.82) is 0 Å². The van der Waals surface area contributed by atoms with Crippen LogP contribution in [-0.4, -0.2) is 56.9 Å². The number of amides is 2. The van der Waals surface area contributed by atoms with E-state index in [9.17, 15) is 9.59 Å². The van der Waals surface area contributed by atoms with Gasteiger partial charge in [-0.05, 0) is 46.3 Å². The molecule has 1 spiro atoms. The van der Waals surface area contributed by atoms with Gasteiger partial charge in [0.1, 0.15) is 17.0 Å². The van der Waals surface area contributed by atoms with Gasteiger partial charge in [0.05, 0.1) is 0 Å². The summed E-state index contributed by atoms with van der Waals surface area (Å²) in [5.74, 6) is 0.733. The van der Waals surface area contributed by atoms with Crippen LogP contribution in [0.1, 0.15) is 64.9 Å². The van der Waals surface area contributed by atoms with E-state index in [0.717, 1.165) is 42.2 Å². The SMILES string of the molecule is CSc1ncc2c(n1)N(C1CCCCC1)[C@]1(CCN(C(=O)OC(C)(C)C)C1=O)C2. The maximum Gasteiger partial charge on any atom is 0.417 e. The van der Waals surface area contributed by atoms with E-state index in [-0.39, 0.29) is 11.9 Å². The van der Waals surface area contributed by atoms with E-state index in [1.165, 1.54) is 23.1 Å². The molecule has 0 unspecified atom stereocenters. The lowest BCUT2D eigenvalue weighted by atomic mass is 9.87. The Morgan fingerprint density at radius 2 is 2.00 bits per heavy atom. The first-order chi connectivity index (χ1) is 13.7. The van der Waals surface area contributed by atoms with Gasteiger partial charge < -0.3 is 9.64 Å². The molecule has 1 saturated carbocycles. The van der Waals surface area contributed by atoms with Gasteiger partial charge in [-0.1, -0.05) is 31.0 Å². The molecule has 4 rings (SSSR count). The van der Waals surface area contributed by atoms with Gasteiger partial charge in [-0.2, -0.15) is 0 Å². The number of rotatable bonds is 2. The molecule has 2 fully saturated rings. The van der Waals surface area contributed by atoms with Crippen molar-refractivity contribution in [3.63, 3.8) is 0 Å². The molecule has 1 aliphatic carbocycles. The Balaban J connectivity index is 1.70. The van der Waals surface area contributed by atoms with E-state index < -0.39 is 17.2 Å². The van der Waals surface area contributed by atoms with E-state index >= 15 is 0 Å². The molecule has 0 N–H and O–H groups in total. The zero-order valence-corrected chi connectivity index (χ0v) is 18.5. The second kappa shape index (κ2) is 7.45. The van der Waals surface area contributed by atoms with Crippen molar-refractivity contribution in [2.75, 3.05) is 17.7 Å². The van der Waals surface area contributed by atoms with Crippen LogP contribution in [0.2, 0.25) is 0 Å². The highest BCUT2D eigenvalue weighted by molar-refractivity contribution is 7.98. The summed E-state index contributed by atoms with van der Waals surface area (Å²) < 4.78 is 5.51. The lowest BCUT2D eigenvalue weighted by Gasteiger charge is -2.42. The first kappa shape index (κ1) is 20.4. The number of carbonyl (C=O) groups excluding carboxylic acids is 2. The fourth-order valence-corrected chi connectivity index (χ4v) is 5.25. The smallest absolute Gasteiger partial charge is 0.417 e.